The minimum Gasteiger partial charge on any atom is -0.312 e. The molecule has 4 heteroatoms. The first kappa shape index (κ1) is 9.40. The lowest BCUT2D eigenvalue weighted by Crippen LogP contribution is -2.32. The zero-order valence-corrected chi connectivity index (χ0v) is 8.55. The fraction of sp³-hybridized carbons (Fsp3) is 0.600. The molecular weight excluding hydrogens is 178 g/mol. The van der Waals surface area contributed by atoms with Crippen LogP contribution in [0.2, 0.25) is 0 Å². The first-order valence-electron chi connectivity index (χ1n) is 5.01. The summed E-state index contributed by atoms with van der Waals surface area (Å²) in [6, 6.07) is 0. The van der Waals surface area contributed by atoms with Crippen LogP contribution < -0.4 is 10.9 Å². The Balaban J connectivity index is 2.52. The zero-order valence-electron chi connectivity index (χ0n) is 8.55. The van der Waals surface area contributed by atoms with Gasteiger partial charge in [-0.25, -0.2) is 4.98 Å². The Hall–Kier alpha value is -1.16. The summed E-state index contributed by atoms with van der Waals surface area (Å²) in [5.74, 6) is 1.08. The predicted molar refractivity (Wildman–Crippen MR) is 54.4 cm³/mol. The molecule has 0 radical (unpaired) electrons. The van der Waals surface area contributed by atoms with Crippen LogP contribution >= 0.6 is 0 Å². The third kappa shape index (κ3) is 1.57. The molecule has 4 nitrogen and oxygen atoms in total. The van der Waals surface area contributed by atoms with Gasteiger partial charge in [0.05, 0.1) is 11.3 Å². The predicted octanol–water partition coefficient (Wildman–Crippen LogP) is 0.539. The highest BCUT2D eigenvalue weighted by atomic mass is 16.1. The molecule has 1 aliphatic rings. The van der Waals surface area contributed by atoms with Crippen molar-refractivity contribution in [1.82, 2.24) is 15.3 Å². The summed E-state index contributed by atoms with van der Waals surface area (Å²) in [6.45, 7) is 5.63. The lowest BCUT2D eigenvalue weighted by Gasteiger charge is -2.16. The lowest BCUT2D eigenvalue weighted by molar-refractivity contribution is 0.607. The molecule has 0 unspecified atom stereocenters. The topological polar surface area (TPSA) is 57.8 Å². The molecule has 0 spiro atoms. The summed E-state index contributed by atoms with van der Waals surface area (Å²) < 4.78 is 0. The van der Waals surface area contributed by atoms with E-state index in [0.717, 1.165) is 30.0 Å². The number of fused-ring (bicyclic) bond motifs is 1. The maximum atomic E-state index is 11.7. The van der Waals surface area contributed by atoms with Gasteiger partial charge in [-0.3, -0.25) is 4.79 Å². The van der Waals surface area contributed by atoms with Crippen LogP contribution in [0.4, 0.5) is 0 Å². The monoisotopic (exact) mass is 193 g/mol. The molecule has 76 valence electrons. The van der Waals surface area contributed by atoms with Crippen LogP contribution in [-0.2, 0) is 13.0 Å². The molecule has 2 rings (SSSR count). The molecule has 0 saturated carbocycles. The van der Waals surface area contributed by atoms with E-state index in [1.165, 1.54) is 0 Å². The largest absolute Gasteiger partial charge is 0.312 e. The van der Waals surface area contributed by atoms with Gasteiger partial charge >= 0.3 is 0 Å². The minimum absolute atomic E-state index is 0.0194. The van der Waals surface area contributed by atoms with Crippen molar-refractivity contribution in [1.29, 1.82) is 0 Å². The molecule has 0 bridgehead atoms. The fourth-order valence-electron chi connectivity index (χ4n) is 1.65. The highest BCUT2D eigenvalue weighted by Crippen LogP contribution is 2.11. The highest BCUT2D eigenvalue weighted by Gasteiger charge is 2.15. The Morgan fingerprint density at radius 1 is 1.43 bits per heavy atom. The van der Waals surface area contributed by atoms with E-state index in [0.29, 0.717) is 6.54 Å². The van der Waals surface area contributed by atoms with Gasteiger partial charge in [0.2, 0.25) is 0 Å². The number of nitrogens with zero attached hydrogens (tertiary/aromatic N) is 1. The number of H-pyrrole nitrogens is 1. The third-order valence-electron chi connectivity index (χ3n) is 2.51. The van der Waals surface area contributed by atoms with Crippen molar-refractivity contribution >= 4 is 0 Å². The molecule has 0 aliphatic carbocycles. The van der Waals surface area contributed by atoms with Crippen LogP contribution in [0, 0.1) is 0 Å². The summed E-state index contributed by atoms with van der Waals surface area (Å²) in [7, 11) is 0. The standard InChI is InChI=1S/C10H15N3O/c1-6(2)9-12-8-3-4-11-5-7(8)10(14)13-9/h6,11H,3-5H2,1-2H3,(H,12,13,14). The first-order chi connectivity index (χ1) is 6.68. The summed E-state index contributed by atoms with van der Waals surface area (Å²) in [5, 5.41) is 3.17. The molecule has 0 atom stereocenters. The van der Waals surface area contributed by atoms with Gasteiger partial charge in [-0.15, -0.1) is 0 Å². The second kappa shape index (κ2) is 3.53. The minimum atomic E-state index is 0.0194. The van der Waals surface area contributed by atoms with E-state index in [1.54, 1.807) is 0 Å². The van der Waals surface area contributed by atoms with Crippen LogP contribution in [0.15, 0.2) is 4.79 Å². The van der Waals surface area contributed by atoms with E-state index in [2.05, 4.69) is 15.3 Å². The van der Waals surface area contributed by atoms with Crippen LogP contribution in [-0.4, -0.2) is 16.5 Å². The van der Waals surface area contributed by atoms with E-state index in [1.807, 2.05) is 13.8 Å². The van der Waals surface area contributed by atoms with Crippen LogP contribution in [0.1, 0.15) is 36.8 Å². The van der Waals surface area contributed by atoms with Crippen molar-refractivity contribution in [3.05, 3.63) is 27.4 Å². The zero-order chi connectivity index (χ0) is 10.1. The molecule has 14 heavy (non-hydrogen) atoms. The number of aromatic amines is 1. The van der Waals surface area contributed by atoms with Crippen molar-refractivity contribution in [2.75, 3.05) is 6.54 Å². The lowest BCUT2D eigenvalue weighted by atomic mass is 10.1. The molecule has 2 N–H and O–H groups in total. The molecule has 1 aromatic rings. The third-order valence-corrected chi connectivity index (χ3v) is 2.51. The number of aromatic nitrogens is 2. The quantitative estimate of drug-likeness (QED) is 0.684. The smallest absolute Gasteiger partial charge is 0.255 e. The number of nitrogens with one attached hydrogen (secondary N) is 2. The second-order valence-corrected chi connectivity index (χ2v) is 3.96. The molecule has 2 heterocycles. The van der Waals surface area contributed by atoms with E-state index < -0.39 is 0 Å². The molecular formula is C10H15N3O. The van der Waals surface area contributed by atoms with Gasteiger partial charge < -0.3 is 10.3 Å². The van der Waals surface area contributed by atoms with Gasteiger partial charge in [0, 0.05) is 25.4 Å². The van der Waals surface area contributed by atoms with Crippen molar-refractivity contribution < 1.29 is 0 Å². The van der Waals surface area contributed by atoms with Gasteiger partial charge in [0.15, 0.2) is 0 Å². The SMILES string of the molecule is CC(C)c1nc2c(c(=O)[nH]1)CNCC2. The van der Waals surface area contributed by atoms with E-state index in [9.17, 15) is 4.79 Å². The number of rotatable bonds is 1. The summed E-state index contributed by atoms with van der Waals surface area (Å²) in [5.41, 5.74) is 1.79. The average Bonchev–Trinajstić information content (AvgIpc) is 2.17. The van der Waals surface area contributed by atoms with Gasteiger partial charge in [-0.05, 0) is 0 Å². The van der Waals surface area contributed by atoms with Gasteiger partial charge in [-0.1, -0.05) is 13.8 Å². The Labute approximate surface area is 82.8 Å². The average molecular weight is 193 g/mol. The van der Waals surface area contributed by atoms with Crippen LogP contribution in [0.25, 0.3) is 0 Å². The number of hydrogen-bond acceptors (Lipinski definition) is 3. The van der Waals surface area contributed by atoms with Gasteiger partial charge in [0.25, 0.3) is 5.56 Å². The molecule has 1 aromatic heterocycles. The Kier molecular flexibility index (Phi) is 2.37. The molecule has 0 saturated heterocycles. The van der Waals surface area contributed by atoms with Crippen molar-refractivity contribution in [3.63, 3.8) is 0 Å². The van der Waals surface area contributed by atoms with E-state index in [-0.39, 0.29) is 11.5 Å². The highest BCUT2D eigenvalue weighted by molar-refractivity contribution is 5.21. The van der Waals surface area contributed by atoms with Crippen LogP contribution in [0.5, 0.6) is 0 Å². The normalized spacial score (nSPS) is 15.6. The Morgan fingerprint density at radius 3 is 2.93 bits per heavy atom. The van der Waals surface area contributed by atoms with Gasteiger partial charge in [-0.2, -0.15) is 0 Å². The molecule has 0 amide bonds. The second-order valence-electron chi connectivity index (χ2n) is 3.96. The van der Waals surface area contributed by atoms with Crippen LogP contribution in [0.3, 0.4) is 0 Å². The van der Waals surface area contributed by atoms with Crippen molar-refractivity contribution in [2.24, 2.45) is 0 Å². The first-order valence-corrected chi connectivity index (χ1v) is 5.01. The van der Waals surface area contributed by atoms with Crippen molar-refractivity contribution in [3.8, 4) is 0 Å². The summed E-state index contributed by atoms with van der Waals surface area (Å²) in [6.07, 6.45) is 0.860. The Morgan fingerprint density at radius 2 is 2.21 bits per heavy atom. The number of hydrogen-bond donors (Lipinski definition) is 2. The maximum Gasteiger partial charge on any atom is 0.255 e. The molecule has 0 aromatic carbocycles. The fourth-order valence-corrected chi connectivity index (χ4v) is 1.65. The van der Waals surface area contributed by atoms with E-state index in [4.69, 9.17) is 0 Å². The maximum absolute atomic E-state index is 11.7. The molecule has 0 fully saturated rings. The van der Waals surface area contributed by atoms with E-state index >= 15 is 0 Å². The van der Waals surface area contributed by atoms with Crippen molar-refractivity contribution in [2.45, 2.75) is 32.7 Å². The molecule has 1 aliphatic heterocycles. The summed E-state index contributed by atoms with van der Waals surface area (Å²) >= 11 is 0. The Bertz CT molecular complexity index is 395. The summed E-state index contributed by atoms with van der Waals surface area (Å²) in [4.78, 5) is 19.0. The van der Waals surface area contributed by atoms with Gasteiger partial charge in [0.1, 0.15) is 5.82 Å².